The predicted octanol–water partition coefficient (Wildman–Crippen LogP) is -1.44. The summed E-state index contributed by atoms with van der Waals surface area (Å²) in [6.45, 7) is 0.0124. The highest BCUT2D eigenvalue weighted by molar-refractivity contribution is 5.77. The van der Waals surface area contributed by atoms with E-state index in [2.05, 4.69) is 10.4 Å². The van der Waals surface area contributed by atoms with Crippen LogP contribution in [0.4, 0.5) is 0 Å². The van der Waals surface area contributed by atoms with Crippen molar-refractivity contribution in [3.8, 4) is 0 Å². The number of hydrazone groups is 1. The fraction of sp³-hybridized carbons (Fsp3) is 0.500. The summed E-state index contributed by atoms with van der Waals surface area (Å²) < 4.78 is 0. The smallest absolute Gasteiger partial charge is 0.305 e. The first-order valence-corrected chi connectivity index (χ1v) is 2.96. The number of guanidine groups is 1. The Morgan fingerprint density at radius 2 is 2.33 bits per heavy atom. The van der Waals surface area contributed by atoms with E-state index in [0.29, 0.717) is 0 Å². The molecule has 68 valence electrons. The van der Waals surface area contributed by atoms with Crippen molar-refractivity contribution in [1.29, 1.82) is 0 Å². The van der Waals surface area contributed by atoms with E-state index in [1.807, 2.05) is 0 Å². The lowest BCUT2D eigenvalue weighted by molar-refractivity contribution is -0.485. The molecule has 0 aromatic heterocycles. The molecule has 12 heavy (non-hydrogen) atoms. The van der Waals surface area contributed by atoms with E-state index in [4.69, 9.17) is 10.8 Å². The average Bonchev–Trinajstić information content (AvgIpc) is 1.84. The number of aliphatic carboxylic acids is 1. The number of nitrogens with zero attached hydrogens (tertiary/aromatic N) is 2. The third-order valence-electron chi connectivity index (χ3n) is 0.834. The van der Waals surface area contributed by atoms with E-state index in [9.17, 15) is 14.9 Å². The van der Waals surface area contributed by atoms with Gasteiger partial charge in [-0.05, 0) is 0 Å². The van der Waals surface area contributed by atoms with Crippen LogP contribution in [0.5, 0.6) is 0 Å². The Hall–Kier alpha value is -1.86. The Bertz CT molecular complexity index is 213. The van der Waals surface area contributed by atoms with Gasteiger partial charge in [0.15, 0.2) is 5.03 Å². The maximum atomic E-state index is 9.95. The lowest BCUT2D eigenvalue weighted by atomic mass is 10.4. The number of rotatable bonds is 4. The lowest BCUT2D eigenvalue weighted by Gasteiger charge is -1.97. The number of hydrogen-bond donors (Lipinski definition) is 3. The van der Waals surface area contributed by atoms with Gasteiger partial charge in [0, 0.05) is 6.54 Å². The van der Waals surface area contributed by atoms with Crippen molar-refractivity contribution in [2.45, 2.75) is 6.42 Å². The number of carboxylic acids is 1. The topological polar surface area (TPSA) is 131 Å². The molecule has 0 bridgehead atoms. The highest BCUT2D eigenvalue weighted by Gasteiger charge is 1.99. The Kier molecular flexibility index (Phi) is 4.12. The van der Waals surface area contributed by atoms with Gasteiger partial charge in [0.25, 0.3) is 5.96 Å². The van der Waals surface area contributed by atoms with Crippen LogP contribution in [0.15, 0.2) is 5.10 Å². The Balaban J connectivity index is 3.64. The van der Waals surface area contributed by atoms with Crippen molar-refractivity contribution in [2.24, 2.45) is 10.8 Å². The fourth-order valence-corrected chi connectivity index (χ4v) is 0.421. The number of nitrogens with one attached hydrogen (secondary N) is 1. The molecule has 0 fully saturated rings. The zero-order valence-corrected chi connectivity index (χ0v) is 6.06. The summed E-state index contributed by atoms with van der Waals surface area (Å²) in [6, 6.07) is 0. The van der Waals surface area contributed by atoms with Gasteiger partial charge in [0.05, 0.1) is 6.42 Å². The maximum absolute atomic E-state index is 9.95. The molecule has 0 radical (unpaired) electrons. The van der Waals surface area contributed by atoms with Gasteiger partial charge in [-0.1, -0.05) is 0 Å². The van der Waals surface area contributed by atoms with Gasteiger partial charge in [-0.3, -0.25) is 4.79 Å². The molecule has 0 unspecified atom stereocenters. The summed E-state index contributed by atoms with van der Waals surface area (Å²) in [5, 5.41) is 21.8. The minimum atomic E-state index is -1.02. The maximum Gasteiger partial charge on any atom is 0.305 e. The third kappa shape index (κ3) is 6.26. The van der Waals surface area contributed by atoms with Crippen LogP contribution < -0.4 is 11.1 Å². The molecule has 0 heterocycles. The highest BCUT2D eigenvalue weighted by Crippen LogP contribution is 1.75. The fourth-order valence-electron chi connectivity index (χ4n) is 0.421. The monoisotopic (exact) mass is 176 g/mol. The zero-order valence-electron chi connectivity index (χ0n) is 6.06. The van der Waals surface area contributed by atoms with Crippen LogP contribution in [-0.4, -0.2) is 28.6 Å². The molecule has 0 rings (SSSR count). The van der Waals surface area contributed by atoms with Crippen LogP contribution in [0.25, 0.3) is 0 Å². The Morgan fingerprint density at radius 1 is 1.75 bits per heavy atom. The largest absolute Gasteiger partial charge is 0.481 e. The summed E-state index contributed by atoms with van der Waals surface area (Å²) in [7, 11) is 0. The van der Waals surface area contributed by atoms with Crippen molar-refractivity contribution in [2.75, 3.05) is 6.54 Å². The minimum absolute atomic E-state index is 0.0124. The molecule has 8 nitrogen and oxygen atoms in total. The predicted molar refractivity (Wildman–Crippen MR) is 38.9 cm³/mol. The SMILES string of the molecule is N/C(=N\[N+](=O)[O-])NCCC(=O)O. The van der Waals surface area contributed by atoms with Crippen LogP contribution >= 0.6 is 0 Å². The first kappa shape index (κ1) is 10.1. The Morgan fingerprint density at radius 3 is 2.75 bits per heavy atom. The number of nitrogens with two attached hydrogens (primary N) is 1. The lowest BCUT2D eigenvalue weighted by Crippen LogP contribution is -2.33. The first-order valence-electron chi connectivity index (χ1n) is 2.96. The van der Waals surface area contributed by atoms with Crippen LogP contribution in [-0.2, 0) is 4.79 Å². The molecule has 0 aliphatic carbocycles. The van der Waals surface area contributed by atoms with Crippen molar-refractivity contribution in [3.63, 3.8) is 0 Å². The van der Waals surface area contributed by atoms with Gasteiger partial charge in [-0.15, -0.1) is 0 Å². The average molecular weight is 176 g/mol. The summed E-state index contributed by atoms with van der Waals surface area (Å²) in [5.74, 6) is -1.42. The molecule has 0 saturated heterocycles. The second-order valence-corrected chi connectivity index (χ2v) is 1.79. The molecule has 0 atom stereocenters. The molecule has 0 saturated carbocycles. The normalized spacial score (nSPS) is 10.8. The number of carboxylic acid groups (broad SMARTS) is 1. The minimum Gasteiger partial charge on any atom is -0.481 e. The molecule has 8 heteroatoms. The van der Waals surface area contributed by atoms with Crippen molar-refractivity contribution in [3.05, 3.63) is 10.1 Å². The summed E-state index contributed by atoms with van der Waals surface area (Å²) in [6.07, 6.45) is -0.173. The summed E-state index contributed by atoms with van der Waals surface area (Å²) in [5.41, 5.74) is 4.97. The van der Waals surface area contributed by atoms with E-state index >= 15 is 0 Å². The summed E-state index contributed by atoms with van der Waals surface area (Å²) in [4.78, 5) is 19.6. The first-order chi connectivity index (χ1) is 5.52. The van der Waals surface area contributed by atoms with Crippen molar-refractivity contribution in [1.82, 2.24) is 5.32 Å². The van der Waals surface area contributed by atoms with E-state index in [0.717, 1.165) is 0 Å². The van der Waals surface area contributed by atoms with Crippen molar-refractivity contribution < 1.29 is 14.9 Å². The molecule has 0 aliphatic rings. The third-order valence-corrected chi connectivity index (χ3v) is 0.834. The molecule has 0 aromatic rings. The molecule has 0 aliphatic heterocycles. The highest BCUT2D eigenvalue weighted by atomic mass is 16.7. The quantitative estimate of drug-likeness (QED) is 0.208. The number of carbonyl (C=O) groups is 1. The van der Waals surface area contributed by atoms with Crippen LogP contribution in [0.3, 0.4) is 0 Å². The summed E-state index contributed by atoms with van der Waals surface area (Å²) >= 11 is 0. The number of nitro groups is 1. The second kappa shape index (κ2) is 4.88. The van der Waals surface area contributed by atoms with Crippen LogP contribution in [0, 0.1) is 10.1 Å². The molecular weight excluding hydrogens is 168 g/mol. The van der Waals surface area contributed by atoms with Crippen molar-refractivity contribution >= 4 is 11.9 Å². The Labute approximate surface area is 67.2 Å². The van der Waals surface area contributed by atoms with Gasteiger partial charge in [-0.2, -0.15) is 0 Å². The van der Waals surface area contributed by atoms with Crippen LogP contribution in [0.1, 0.15) is 6.42 Å². The molecule has 4 N–H and O–H groups in total. The van der Waals surface area contributed by atoms with Gasteiger partial charge < -0.3 is 16.2 Å². The van der Waals surface area contributed by atoms with E-state index in [1.165, 1.54) is 0 Å². The zero-order chi connectivity index (χ0) is 9.56. The molecular formula is C4H8N4O4. The van der Waals surface area contributed by atoms with Gasteiger partial charge in [0.2, 0.25) is 0 Å². The van der Waals surface area contributed by atoms with Gasteiger partial charge in [0.1, 0.15) is 5.10 Å². The van der Waals surface area contributed by atoms with Gasteiger partial charge >= 0.3 is 5.97 Å². The molecule has 0 aromatic carbocycles. The van der Waals surface area contributed by atoms with Crippen LogP contribution in [0.2, 0.25) is 0 Å². The molecule has 0 amide bonds. The number of hydrogen-bond acceptors (Lipinski definition) is 3. The standard InChI is InChI=1S/C4H8N4O4/c5-4(7-8(11)12)6-2-1-3(9)10/h1-2H2,(H,9,10)(H3,5,6,7). The molecule has 0 spiro atoms. The van der Waals surface area contributed by atoms with E-state index in [1.54, 1.807) is 0 Å². The van der Waals surface area contributed by atoms with E-state index < -0.39 is 17.0 Å². The van der Waals surface area contributed by atoms with E-state index in [-0.39, 0.29) is 13.0 Å². The van der Waals surface area contributed by atoms with Gasteiger partial charge in [-0.25, -0.2) is 10.1 Å². The second-order valence-electron chi connectivity index (χ2n) is 1.79.